The predicted molar refractivity (Wildman–Crippen MR) is 94.1 cm³/mol. The molecule has 1 aromatic rings. The Bertz CT molecular complexity index is 788. The number of hydrazone groups is 1. The zero-order valence-corrected chi connectivity index (χ0v) is 15.1. The highest BCUT2D eigenvalue weighted by Gasteiger charge is 2.56. The lowest BCUT2D eigenvalue weighted by molar-refractivity contribution is -0.140. The maximum absolute atomic E-state index is 12.7. The molecule has 1 saturated heterocycles. The van der Waals surface area contributed by atoms with Crippen molar-refractivity contribution in [3.8, 4) is 11.5 Å². The van der Waals surface area contributed by atoms with Gasteiger partial charge in [-0.25, -0.2) is 0 Å². The summed E-state index contributed by atoms with van der Waals surface area (Å²) in [5.74, 6) is -0.397. The molecule has 4 aliphatic rings. The van der Waals surface area contributed by atoms with Gasteiger partial charge in [-0.15, -0.1) is 0 Å². The summed E-state index contributed by atoms with van der Waals surface area (Å²) < 4.78 is 5.54. The van der Waals surface area contributed by atoms with Crippen molar-refractivity contribution in [3.05, 3.63) is 34.3 Å². The van der Waals surface area contributed by atoms with E-state index in [1.54, 1.807) is 12.1 Å². The standard InChI is InChI=1S/C18H17BrN2O4/c1-25-13-7-9(6-12(19)16(13)22)8-20-21-17(23)14-10-2-3-11(5-4-10)15(14)18(21)24/h2-3,6-8,10-11,14-15,22H,4-5H2,1H3/t10-,11-,14+,15+/m0/s1. The molecule has 3 aliphatic carbocycles. The van der Waals surface area contributed by atoms with Crippen LogP contribution in [-0.2, 0) is 9.59 Å². The largest absolute Gasteiger partial charge is 0.503 e. The van der Waals surface area contributed by atoms with Crippen molar-refractivity contribution in [3.63, 3.8) is 0 Å². The number of ether oxygens (including phenoxy) is 1. The molecule has 2 bridgehead atoms. The molecule has 2 fully saturated rings. The number of methoxy groups -OCH3 is 1. The van der Waals surface area contributed by atoms with Crippen LogP contribution in [0.25, 0.3) is 0 Å². The normalized spacial score (nSPS) is 30.4. The zero-order chi connectivity index (χ0) is 17.7. The number of rotatable bonds is 3. The van der Waals surface area contributed by atoms with E-state index in [-0.39, 0.29) is 47.0 Å². The Hall–Kier alpha value is -2.15. The molecule has 1 heterocycles. The Morgan fingerprint density at radius 3 is 2.32 bits per heavy atom. The van der Waals surface area contributed by atoms with Gasteiger partial charge in [0.25, 0.3) is 11.8 Å². The fourth-order valence-electron chi connectivity index (χ4n) is 4.12. The van der Waals surface area contributed by atoms with Crippen molar-refractivity contribution in [1.82, 2.24) is 5.01 Å². The summed E-state index contributed by atoms with van der Waals surface area (Å²) in [7, 11) is 1.45. The second-order valence-corrected chi connectivity index (χ2v) is 7.48. The number of hydrogen-bond donors (Lipinski definition) is 1. The van der Waals surface area contributed by atoms with Gasteiger partial charge < -0.3 is 9.84 Å². The van der Waals surface area contributed by atoms with Gasteiger partial charge in [0.1, 0.15) is 0 Å². The van der Waals surface area contributed by atoms with Gasteiger partial charge in [-0.05, 0) is 58.3 Å². The third-order valence-corrected chi connectivity index (χ3v) is 5.93. The minimum Gasteiger partial charge on any atom is -0.503 e. The van der Waals surface area contributed by atoms with Crippen LogP contribution in [0.1, 0.15) is 18.4 Å². The third kappa shape index (κ3) is 2.49. The number of carbonyl (C=O) groups is 2. The molecular formula is C18H17BrN2O4. The van der Waals surface area contributed by atoms with E-state index in [1.807, 2.05) is 0 Å². The van der Waals surface area contributed by atoms with Crippen LogP contribution in [-0.4, -0.2) is 35.3 Å². The van der Waals surface area contributed by atoms with E-state index in [1.165, 1.54) is 13.3 Å². The molecule has 4 atom stereocenters. The Morgan fingerprint density at radius 1 is 1.20 bits per heavy atom. The maximum Gasteiger partial charge on any atom is 0.254 e. The molecule has 130 valence electrons. The van der Waals surface area contributed by atoms with Crippen LogP contribution in [0.4, 0.5) is 0 Å². The first-order valence-corrected chi connectivity index (χ1v) is 8.97. The van der Waals surface area contributed by atoms with Gasteiger partial charge >= 0.3 is 0 Å². The zero-order valence-electron chi connectivity index (χ0n) is 13.6. The maximum atomic E-state index is 12.7. The highest BCUT2D eigenvalue weighted by Crippen LogP contribution is 2.49. The summed E-state index contributed by atoms with van der Waals surface area (Å²) in [6, 6.07) is 3.23. The van der Waals surface area contributed by atoms with E-state index in [0.29, 0.717) is 10.0 Å². The van der Waals surface area contributed by atoms with Crippen LogP contribution in [0.3, 0.4) is 0 Å². The number of halogens is 1. The van der Waals surface area contributed by atoms with Crippen molar-refractivity contribution in [2.24, 2.45) is 28.8 Å². The van der Waals surface area contributed by atoms with E-state index in [2.05, 4.69) is 33.2 Å². The first-order chi connectivity index (χ1) is 12.0. The molecular weight excluding hydrogens is 388 g/mol. The Balaban J connectivity index is 1.62. The molecule has 2 amide bonds. The second kappa shape index (κ2) is 5.98. The molecule has 6 nitrogen and oxygen atoms in total. The molecule has 1 N–H and O–H groups in total. The van der Waals surface area contributed by atoms with Gasteiger partial charge in [0.05, 0.1) is 29.6 Å². The highest BCUT2D eigenvalue weighted by atomic mass is 79.9. The van der Waals surface area contributed by atoms with Crippen LogP contribution in [0.15, 0.2) is 33.9 Å². The molecule has 0 aromatic heterocycles. The lowest BCUT2D eigenvalue weighted by Gasteiger charge is -2.37. The molecule has 0 unspecified atom stereocenters. The number of carbonyl (C=O) groups excluding carboxylic acids is 2. The lowest BCUT2D eigenvalue weighted by atomic mass is 9.63. The number of fused-ring (bicyclic) bond motifs is 1. The predicted octanol–water partition coefficient (Wildman–Crippen LogP) is 2.69. The van der Waals surface area contributed by atoms with Gasteiger partial charge in [-0.2, -0.15) is 10.1 Å². The summed E-state index contributed by atoms with van der Waals surface area (Å²) in [5.41, 5.74) is 0.609. The highest BCUT2D eigenvalue weighted by molar-refractivity contribution is 9.10. The van der Waals surface area contributed by atoms with E-state index < -0.39 is 0 Å². The molecule has 1 aliphatic heterocycles. The van der Waals surface area contributed by atoms with Gasteiger partial charge in [0, 0.05) is 0 Å². The number of imide groups is 1. The Labute approximate surface area is 153 Å². The summed E-state index contributed by atoms with van der Waals surface area (Å²) >= 11 is 3.24. The summed E-state index contributed by atoms with van der Waals surface area (Å²) in [4.78, 5) is 25.4. The first-order valence-electron chi connectivity index (χ1n) is 8.18. The summed E-state index contributed by atoms with van der Waals surface area (Å²) in [5, 5.41) is 15.0. The molecule has 7 heteroatoms. The number of aromatic hydroxyl groups is 1. The molecule has 0 radical (unpaired) electrons. The first kappa shape index (κ1) is 16.3. The van der Waals surface area contributed by atoms with Crippen LogP contribution in [0.2, 0.25) is 0 Å². The van der Waals surface area contributed by atoms with Gasteiger partial charge in [0.15, 0.2) is 11.5 Å². The Kier molecular flexibility index (Phi) is 3.91. The molecule has 1 aromatic carbocycles. The fourth-order valence-corrected chi connectivity index (χ4v) is 4.58. The molecule has 5 rings (SSSR count). The van der Waals surface area contributed by atoms with E-state index in [4.69, 9.17) is 4.74 Å². The van der Waals surface area contributed by atoms with Gasteiger partial charge in [-0.3, -0.25) is 9.59 Å². The number of nitrogens with zero attached hydrogens (tertiary/aromatic N) is 2. The van der Waals surface area contributed by atoms with Crippen LogP contribution >= 0.6 is 15.9 Å². The third-order valence-electron chi connectivity index (χ3n) is 5.33. The molecule has 1 saturated carbocycles. The van der Waals surface area contributed by atoms with Crippen molar-refractivity contribution >= 4 is 34.0 Å². The van der Waals surface area contributed by atoms with E-state index in [0.717, 1.165) is 17.9 Å². The Morgan fingerprint density at radius 2 is 1.80 bits per heavy atom. The minimum atomic E-state index is -0.269. The average molecular weight is 405 g/mol. The quantitative estimate of drug-likeness (QED) is 0.477. The lowest BCUT2D eigenvalue weighted by Crippen LogP contribution is -2.38. The smallest absolute Gasteiger partial charge is 0.254 e. The summed E-state index contributed by atoms with van der Waals surface area (Å²) in [6.07, 6.45) is 7.52. The minimum absolute atomic E-state index is 0.0124. The van der Waals surface area contributed by atoms with Gasteiger partial charge in [0.2, 0.25) is 0 Å². The second-order valence-electron chi connectivity index (χ2n) is 6.63. The van der Waals surface area contributed by atoms with Crippen LogP contribution < -0.4 is 4.74 Å². The van der Waals surface area contributed by atoms with Crippen molar-refractivity contribution in [2.75, 3.05) is 7.11 Å². The monoisotopic (exact) mass is 404 g/mol. The van der Waals surface area contributed by atoms with Crippen molar-refractivity contribution in [1.29, 1.82) is 0 Å². The SMILES string of the molecule is COc1cc(C=NN2C(=O)[C@H]3[C@H](C2=O)[C@H]2C=C[C@H]3CC2)cc(Br)c1O. The molecule has 0 spiro atoms. The van der Waals surface area contributed by atoms with E-state index in [9.17, 15) is 14.7 Å². The number of phenolic OH excluding ortho intramolecular Hbond substituents is 1. The number of amides is 2. The van der Waals surface area contributed by atoms with Gasteiger partial charge in [-0.1, -0.05) is 12.2 Å². The number of hydrogen-bond acceptors (Lipinski definition) is 5. The number of phenols is 1. The number of benzene rings is 1. The van der Waals surface area contributed by atoms with Crippen LogP contribution in [0, 0.1) is 23.7 Å². The fraction of sp³-hybridized carbons (Fsp3) is 0.389. The van der Waals surface area contributed by atoms with Crippen LogP contribution in [0.5, 0.6) is 11.5 Å². The number of allylic oxidation sites excluding steroid dienone is 2. The molecule has 25 heavy (non-hydrogen) atoms. The summed E-state index contributed by atoms with van der Waals surface area (Å²) in [6.45, 7) is 0. The average Bonchev–Trinajstić information content (AvgIpc) is 2.90. The van der Waals surface area contributed by atoms with Crippen molar-refractivity contribution < 1.29 is 19.4 Å². The van der Waals surface area contributed by atoms with E-state index >= 15 is 0 Å². The topological polar surface area (TPSA) is 79.2 Å². The van der Waals surface area contributed by atoms with Crippen molar-refractivity contribution in [2.45, 2.75) is 12.8 Å².